The summed E-state index contributed by atoms with van der Waals surface area (Å²) in [5.41, 5.74) is 1.73. The number of ether oxygens (including phenoxy) is 1. The molecule has 1 aliphatic rings. The number of aromatic nitrogens is 1. The molecule has 1 saturated heterocycles. The molecule has 0 aliphatic carbocycles. The number of pyridine rings is 1. The second-order valence-corrected chi connectivity index (χ2v) is 5.79. The van der Waals surface area contributed by atoms with Crippen LogP contribution in [0.3, 0.4) is 0 Å². The van der Waals surface area contributed by atoms with Gasteiger partial charge in [-0.1, -0.05) is 18.2 Å². The molecule has 1 fully saturated rings. The molecule has 0 spiro atoms. The number of benzene rings is 1. The number of nitrogens with zero attached hydrogens (tertiary/aromatic N) is 1. The fraction of sp³-hybridized carbons (Fsp3) is 0.333. The molecule has 0 radical (unpaired) electrons. The molecule has 1 aromatic carbocycles. The first kappa shape index (κ1) is 19.0. The predicted octanol–water partition coefficient (Wildman–Crippen LogP) is 2.78. The first-order valence-electron chi connectivity index (χ1n) is 8.09. The number of carbonyl (C=O) groups is 1. The number of halogens is 1. The number of amides is 2. The highest BCUT2D eigenvalue weighted by Crippen LogP contribution is 2.23. The van der Waals surface area contributed by atoms with Crippen molar-refractivity contribution in [3.05, 3.63) is 54.4 Å². The third-order valence-electron chi connectivity index (χ3n) is 4.21. The van der Waals surface area contributed by atoms with Crippen molar-refractivity contribution in [2.45, 2.75) is 18.4 Å². The van der Waals surface area contributed by atoms with E-state index < -0.39 is 0 Å². The number of methoxy groups -OCH3 is 1. The second kappa shape index (κ2) is 9.25. The quantitative estimate of drug-likeness (QED) is 0.781. The van der Waals surface area contributed by atoms with Crippen LogP contribution in [0.25, 0.3) is 0 Å². The average molecular weight is 363 g/mol. The molecular formula is C18H23ClN4O2. The molecule has 134 valence electrons. The van der Waals surface area contributed by atoms with E-state index in [4.69, 9.17) is 4.74 Å². The standard InChI is InChI=1S/C18H22N4O2.ClH/c1-24-14-7-8-16(20-11-14)15-12-19-10-9-17(15)22-18(23)21-13-5-3-2-4-6-13;/h2-8,11,15,17,19H,9-10,12H2,1H3,(H2,21,22,23);1H. The van der Waals surface area contributed by atoms with Crippen molar-refractivity contribution in [2.24, 2.45) is 0 Å². The molecule has 2 amide bonds. The topological polar surface area (TPSA) is 75.3 Å². The Bertz CT molecular complexity index is 667. The summed E-state index contributed by atoms with van der Waals surface area (Å²) >= 11 is 0. The van der Waals surface area contributed by atoms with Gasteiger partial charge >= 0.3 is 6.03 Å². The molecule has 0 bridgehead atoms. The van der Waals surface area contributed by atoms with E-state index >= 15 is 0 Å². The number of anilines is 1. The van der Waals surface area contributed by atoms with Crippen LogP contribution in [0.4, 0.5) is 10.5 Å². The van der Waals surface area contributed by atoms with Gasteiger partial charge < -0.3 is 20.7 Å². The van der Waals surface area contributed by atoms with Crippen molar-refractivity contribution < 1.29 is 9.53 Å². The van der Waals surface area contributed by atoms with Gasteiger partial charge in [0.25, 0.3) is 0 Å². The van der Waals surface area contributed by atoms with Gasteiger partial charge in [-0.15, -0.1) is 12.4 Å². The van der Waals surface area contributed by atoms with Crippen molar-refractivity contribution in [2.75, 3.05) is 25.5 Å². The molecule has 3 N–H and O–H groups in total. The largest absolute Gasteiger partial charge is 0.495 e. The number of hydrogen-bond donors (Lipinski definition) is 3. The van der Waals surface area contributed by atoms with E-state index in [1.54, 1.807) is 13.3 Å². The summed E-state index contributed by atoms with van der Waals surface area (Å²) in [4.78, 5) is 16.8. The maximum Gasteiger partial charge on any atom is 0.319 e. The molecule has 2 unspecified atom stereocenters. The van der Waals surface area contributed by atoms with Crippen LogP contribution in [0.1, 0.15) is 18.0 Å². The van der Waals surface area contributed by atoms with Crippen molar-refractivity contribution in [1.29, 1.82) is 0 Å². The van der Waals surface area contributed by atoms with Crippen molar-refractivity contribution in [1.82, 2.24) is 15.6 Å². The van der Waals surface area contributed by atoms with Crippen LogP contribution in [-0.4, -0.2) is 37.3 Å². The minimum atomic E-state index is -0.188. The SMILES string of the molecule is COc1ccc(C2CNCCC2NC(=O)Nc2ccccc2)nc1.Cl. The molecular weight excluding hydrogens is 340 g/mol. The molecule has 3 rings (SSSR count). The van der Waals surface area contributed by atoms with E-state index in [-0.39, 0.29) is 30.4 Å². The molecule has 6 nitrogen and oxygen atoms in total. The zero-order valence-electron chi connectivity index (χ0n) is 14.1. The fourth-order valence-electron chi connectivity index (χ4n) is 2.93. The molecule has 2 aromatic rings. The zero-order chi connectivity index (χ0) is 16.8. The summed E-state index contributed by atoms with van der Waals surface area (Å²) in [6.07, 6.45) is 2.58. The number of carbonyl (C=O) groups excluding carboxylic acids is 1. The Hall–Kier alpha value is -2.31. The normalized spacial score (nSPS) is 19.4. The van der Waals surface area contributed by atoms with Gasteiger partial charge in [-0.3, -0.25) is 4.98 Å². The highest BCUT2D eigenvalue weighted by Gasteiger charge is 2.28. The van der Waals surface area contributed by atoms with Gasteiger partial charge in [0.05, 0.1) is 13.3 Å². The van der Waals surface area contributed by atoms with Crippen LogP contribution in [0.5, 0.6) is 5.75 Å². The summed E-state index contributed by atoms with van der Waals surface area (Å²) in [6.45, 7) is 1.67. The second-order valence-electron chi connectivity index (χ2n) is 5.79. The molecule has 7 heteroatoms. The first-order chi connectivity index (χ1) is 11.8. The predicted molar refractivity (Wildman–Crippen MR) is 101 cm³/mol. The van der Waals surface area contributed by atoms with Crippen LogP contribution in [0, 0.1) is 0 Å². The first-order valence-corrected chi connectivity index (χ1v) is 8.09. The van der Waals surface area contributed by atoms with Gasteiger partial charge in [0, 0.05) is 29.9 Å². The average Bonchev–Trinajstić information content (AvgIpc) is 2.63. The monoisotopic (exact) mass is 362 g/mol. The van der Waals surface area contributed by atoms with Crippen LogP contribution < -0.4 is 20.7 Å². The Kier molecular flexibility index (Phi) is 7.03. The van der Waals surface area contributed by atoms with Gasteiger partial charge in [0.15, 0.2) is 0 Å². The third-order valence-corrected chi connectivity index (χ3v) is 4.21. The minimum Gasteiger partial charge on any atom is -0.495 e. The van der Waals surface area contributed by atoms with Crippen molar-refractivity contribution >= 4 is 24.1 Å². The molecule has 1 aromatic heterocycles. The summed E-state index contributed by atoms with van der Waals surface area (Å²) in [5, 5.41) is 9.32. The van der Waals surface area contributed by atoms with E-state index in [1.165, 1.54) is 0 Å². The lowest BCUT2D eigenvalue weighted by molar-refractivity contribution is 0.241. The molecule has 1 aliphatic heterocycles. The number of hydrogen-bond acceptors (Lipinski definition) is 4. The summed E-state index contributed by atoms with van der Waals surface area (Å²) < 4.78 is 5.16. The smallest absolute Gasteiger partial charge is 0.319 e. The Labute approximate surface area is 153 Å². The van der Waals surface area contributed by atoms with Crippen molar-refractivity contribution in [3.8, 4) is 5.75 Å². The lowest BCUT2D eigenvalue weighted by Gasteiger charge is -2.32. The molecule has 2 heterocycles. The Morgan fingerprint density at radius 2 is 2.04 bits per heavy atom. The highest BCUT2D eigenvalue weighted by atomic mass is 35.5. The van der Waals surface area contributed by atoms with Gasteiger partial charge in [-0.2, -0.15) is 0 Å². The lowest BCUT2D eigenvalue weighted by atomic mass is 9.90. The van der Waals surface area contributed by atoms with Gasteiger partial charge in [0.1, 0.15) is 5.75 Å². The highest BCUT2D eigenvalue weighted by molar-refractivity contribution is 5.89. The van der Waals surface area contributed by atoms with Gasteiger partial charge in [0.2, 0.25) is 0 Å². The Balaban J connectivity index is 0.00000225. The van der Waals surface area contributed by atoms with Crippen LogP contribution in [0.2, 0.25) is 0 Å². The van der Waals surface area contributed by atoms with Gasteiger partial charge in [-0.25, -0.2) is 4.79 Å². The van der Waals surface area contributed by atoms with Gasteiger partial charge in [-0.05, 0) is 37.2 Å². The number of rotatable bonds is 4. The van der Waals surface area contributed by atoms with E-state index in [9.17, 15) is 4.79 Å². The maximum atomic E-state index is 12.3. The van der Waals surface area contributed by atoms with Crippen LogP contribution in [-0.2, 0) is 0 Å². The van der Waals surface area contributed by atoms with Crippen LogP contribution >= 0.6 is 12.4 Å². The number of urea groups is 1. The summed E-state index contributed by atoms with van der Waals surface area (Å²) in [7, 11) is 1.62. The number of piperidine rings is 1. The molecule has 0 saturated carbocycles. The summed E-state index contributed by atoms with van der Waals surface area (Å²) in [6, 6.07) is 13.1. The van der Waals surface area contributed by atoms with Crippen LogP contribution in [0.15, 0.2) is 48.7 Å². The van der Waals surface area contributed by atoms with E-state index in [0.717, 1.165) is 36.6 Å². The Morgan fingerprint density at radius 1 is 1.24 bits per heavy atom. The maximum absolute atomic E-state index is 12.3. The zero-order valence-corrected chi connectivity index (χ0v) is 14.9. The minimum absolute atomic E-state index is 0. The fourth-order valence-corrected chi connectivity index (χ4v) is 2.93. The Morgan fingerprint density at radius 3 is 2.72 bits per heavy atom. The van der Waals surface area contributed by atoms with E-state index in [1.807, 2.05) is 42.5 Å². The third kappa shape index (κ3) is 5.08. The number of para-hydroxylation sites is 1. The van der Waals surface area contributed by atoms with E-state index in [0.29, 0.717) is 0 Å². The van der Waals surface area contributed by atoms with Crippen molar-refractivity contribution in [3.63, 3.8) is 0 Å². The lowest BCUT2D eigenvalue weighted by Crippen LogP contribution is -2.49. The van der Waals surface area contributed by atoms with E-state index in [2.05, 4.69) is 20.9 Å². The molecule has 2 atom stereocenters. The number of nitrogens with one attached hydrogen (secondary N) is 3. The molecule has 25 heavy (non-hydrogen) atoms. The summed E-state index contributed by atoms with van der Waals surface area (Å²) in [5.74, 6) is 0.861.